The molecule has 42 heavy (non-hydrogen) atoms. The molecule has 0 unspecified atom stereocenters. The van der Waals surface area contributed by atoms with E-state index in [0.717, 1.165) is 32.3 Å². The molecule has 0 radical (unpaired) electrons. The van der Waals surface area contributed by atoms with Crippen molar-refractivity contribution in [2.45, 2.75) is 0 Å². The van der Waals surface area contributed by atoms with E-state index in [0.29, 0.717) is 74.1 Å². The minimum Gasteiger partial charge on any atom is -0.486 e. The van der Waals surface area contributed by atoms with Gasteiger partial charge in [-0.2, -0.15) is 0 Å². The summed E-state index contributed by atoms with van der Waals surface area (Å²) in [6.45, 7) is 24.7. The van der Waals surface area contributed by atoms with Crippen LogP contribution in [0.5, 0.6) is 34.5 Å². The summed E-state index contributed by atoms with van der Waals surface area (Å²) < 4.78 is 36.3. The summed E-state index contributed by atoms with van der Waals surface area (Å²) in [6, 6.07) is 11.9. The topological polar surface area (TPSA) is 55.4 Å². The van der Waals surface area contributed by atoms with Gasteiger partial charge in [-0.15, -0.1) is 0 Å². The smallest absolute Gasteiger partial charge is 0.162 e. The van der Waals surface area contributed by atoms with Gasteiger partial charge in [-0.3, -0.25) is 0 Å². The standard InChI is InChI=1S/C36H36O6/c1-7-13-37-31-19-25-26(20-32(31)38-14-8-2)28-22-34(40-16-10-4)36(42-18-12-6)24-30(28)29-23-35(41-17-11-5)33(21-27(25)29)39-15-9-3/h7-12,19-24H,1-6,13-18H2. The molecular formula is C36H36O6. The summed E-state index contributed by atoms with van der Waals surface area (Å²) in [5, 5.41) is 5.56. The zero-order chi connectivity index (χ0) is 29.9. The third-order valence-corrected chi connectivity index (χ3v) is 6.26. The van der Waals surface area contributed by atoms with Crippen LogP contribution >= 0.6 is 0 Å². The van der Waals surface area contributed by atoms with Crippen molar-refractivity contribution in [3.63, 3.8) is 0 Å². The average Bonchev–Trinajstić information content (AvgIpc) is 3.01. The third-order valence-electron chi connectivity index (χ3n) is 6.26. The highest BCUT2D eigenvalue weighted by Gasteiger charge is 2.20. The molecule has 0 fully saturated rings. The van der Waals surface area contributed by atoms with Gasteiger partial charge in [-0.25, -0.2) is 0 Å². The number of benzene rings is 4. The Kier molecular flexibility index (Phi) is 10.3. The molecule has 216 valence electrons. The van der Waals surface area contributed by atoms with Gasteiger partial charge in [0.25, 0.3) is 0 Å². The van der Waals surface area contributed by atoms with Crippen molar-refractivity contribution in [2.75, 3.05) is 39.6 Å². The van der Waals surface area contributed by atoms with E-state index in [1.165, 1.54) is 0 Å². The molecule has 4 aromatic rings. The lowest BCUT2D eigenvalue weighted by Gasteiger charge is -2.20. The van der Waals surface area contributed by atoms with Gasteiger partial charge in [0.15, 0.2) is 34.5 Å². The number of rotatable bonds is 18. The van der Waals surface area contributed by atoms with Crippen LogP contribution in [0.2, 0.25) is 0 Å². The van der Waals surface area contributed by atoms with Crippen LogP contribution in [0.25, 0.3) is 32.3 Å². The van der Waals surface area contributed by atoms with E-state index in [-0.39, 0.29) is 0 Å². The van der Waals surface area contributed by atoms with Crippen molar-refractivity contribution in [3.8, 4) is 34.5 Å². The summed E-state index contributed by atoms with van der Waals surface area (Å²) in [7, 11) is 0. The lowest BCUT2D eigenvalue weighted by atomic mass is 9.93. The zero-order valence-electron chi connectivity index (χ0n) is 23.9. The predicted molar refractivity (Wildman–Crippen MR) is 173 cm³/mol. The van der Waals surface area contributed by atoms with Gasteiger partial charge in [-0.1, -0.05) is 75.9 Å². The fourth-order valence-electron chi connectivity index (χ4n) is 4.59. The van der Waals surface area contributed by atoms with Crippen LogP contribution in [-0.2, 0) is 0 Å². The Labute approximate surface area is 247 Å². The molecule has 6 nitrogen and oxygen atoms in total. The first-order valence-corrected chi connectivity index (χ1v) is 13.6. The SMILES string of the molecule is C=CCOc1cc2c3cc(OCC=C)c(OCC=C)cc3c3cc(OCC=C)c(OCC=C)cc3c2cc1OCC=C. The van der Waals surface area contributed by atoms with Gasteiger partial charge in [0.1, 0.15) is 39.6 Å². The maximum absolute atomic E-state index is 6.04. The second kappa shape index (κ2) is 14.5. The highest BCUT2D eigenvalue weighted by molar-refractivity contribution is 6.26. The fourth-order valence-corrected chi connectivity index (χ4v) is 4.59. The molecule has 0 aliphatic carbocycles. The van der Waals surface area contributed by atoms with Crippen LogP contribution in [0.15, 0.2) is 112 Å². The van der Waals surface area contributed by atoms with Gasteiger partial charge in [0.2, 0.25) is 0 Å². The Morgan fingerprint density at radius 1 is 0.310 bits per heavy atom. The Morgan fingerprint density at radius 3 is 0.571 bits per heavy atom. The molecule has 0 N–H and O–H groups in total. The van der Waals surface area contributed by atoms with E-state index in [4.69, 9.17) is 28.4 Å². The van der Waals surface area contributed by atoms with Crippen molar-refractivity contribution in [1.29, 1.82) is 0 Å². The van der Waals surface area contributed by atoms with Crippen LogP contribution in [0.4, 0.5) is 0 Å². The van der Waals surface area contributed by atoms with Gasteiger partial charge in [0.05, 0.1) is 0 Å². The van der Waals surface area contributed by atoms with Crippen molar-refractivity contribution in [2.24, 2.45) is 0 Å². The zero-order valence-corrected chi connectivity index (χ0v) is 23.9. The molecule has 0 spiro atoms. The Morgan fingerprint density at radius 2 is 0.452 bits per heavy atom. The first-order valence-electron chi connectivity index (χ1n) is 13.6. The highest BCUT2D eigenvalue weighted by atomic mass is 16.5. The van der Waals surface area contributed by atoms with E-state index in [9.17, 15) is 0 Å². The molecule has 0 atom stereocenters. The van der Waals surface area contributed by atoms with Crippen LogP contribution in [0.1, 0.15) is 0 Å². The summed E-state index contributed by atoms with van der Waals surface area (Å²) in [4.78, 5) is 0. The van der Waals surface area contributed by atoms with Crippen molar-refractivity contribution < 1.29 is 28.4 Å². The molecule has 0 saturated heterocycles. The minimum absolute atomic E-state index is 0.318. The summed E-state index contributed by atoms with van der Waals surface area (Å²) in [6.07, 6.45) is 10.2. The second-order valence-corrected chi connectivity index (χ2v) is 9.13. The Balaban J connectivity index is 2.16. The first-order chi connectivity index (χ1) is 20.6. The van der Waals surface area contributed by atoms with E-state index >= 15 is 0 Å². The maximum atomic E-state index is 6.04. The molecule has 0 bridgehead atoms. The number of hydrogen-bond donors (Lipinski definition) is 0. The maximum Gasteiger partial charge on any atom is 0.162 e. The molecular weight excluding hydrogens is 528 g/mol. The molecule has 0 aliphatic rings. The summed E-state index contributed by atoms with van der Waals surface area (Å²) in [5.74, 6) is 3.50. The van der Waals surface area contributed by atoms with E-state index < -0.39 is 0 Å². The van der Waals surface area contributed by atoms with Crippen LogP contribution in [0, 0.1) is 0 Å². The van der Waals surface area contributed by atoms with E-state index in [1.807, 2.05) is 36.4 Å². The molecule has 0 aromatic heterocycles. The molecule has 4 aromatic carbocycles. The van der Waals surface area contributed by atoms with Crippen LogP contribution in [0.3, 0.4) is 0 Å². The van der Waals surface area contributed by atoms with Gasteiger partial charge in [0, 0.05) is 0 Å². The Bertz CT molecular complexity index is 1300. The van der Waals surface area contributed by atoms with Crippen LogP contribution < -0.4 is 28.4 Å². The van der Waals surface area contributed by atoms with Crippen LogP contribution in [-0.4, -0.2) is 39.6 Å². The Hall–Kier alpha value is -5.10. The van der Waals surface area contributed by atoms with Gasteiger partial charge >= 0.3 is 0 Å². The quantitative estimate of drug-likeness (QED) is 0.0892. The summed E-state index contributed by atoms with van der Waals surface area (Å²) in [5.41, 5.74) is 0. The monoisotopic (exact) mass is 564 g/mol. The highest BCUT2D eigenvalue weighted by Crippen LogP contribution is 2.47. The van der Waals surface area contributed by atoms with Gasteiger partial charge in [-0.05, 0) is 68.7 Å². The number of ether oxygens (including phenoxy) is 6. The fraction of sp³-hybridized carbons (Fsp3) is 0.167. The summed E-state index contributed by atoms with van der Waals surface area (Å²) >= 11 is 0. The van der Waals surface area contributed by atoms with E-state index in [2.05, 4.69) is 39.5 Å². The molecule has 0 aliphatic heterocycles. The molecule has 6 heteroatoms. The average molecular weight is 565 g/mol. The van der Waals surface area contributed by atoms with Crippen molar-refractivity contribution >= 4 is 32.3 Å². The normalized spacial score (nSPS) is 10.6. The van der Waals surface area contributed by atoms with Crippen molar-refractivity contribution in [1.82, 2.24) is 0 Å². The molecule has 4 rings (SSSR count). The largest absolute Gasteiger partial charge is 0.486 e. The lowest BCUT2D eigenvalue weighted by Crippen LogP contribution is -2.02. The first kappa shape index (κ1) is 29.9. The second-order valence-electron chi connectivity index (χ2n) is 9.13. The number of fused-ring (bicyclic) bond motifs is 6. The van der Waals surface area contributed by atoms with E-state index in [1.54, 1.807) is 36.5 Å². The molecule has 0 saturated carbocycles. The lowest BCUT2D eigenvalue weighted by molar-refractivity contribution is 0.308. The van der Waals surface area contributed by atoms with Crippen molar-refractivity contribution in [3.05, 3.63) is 112 Å². The number of hydrogen-bond acceptors (Lipinski definition) is 6. The molecule has 0 amide bonds. The van der Waals surface area contributed by atoms with Gasteiger partial charge < -0.3 is 28.4 Å². The molecule has 0 heterocycles. The third kappa shape index (κ3) is 6.44. The predicted octanol–water partition coefficient (Wildman–Crippen LogP) is 8.54. The minimum atomic E-state index is 0.318.